The molecule has 2 nitrogen and oxygen atoms in total. The number of alkyl halides is 2. The van der Waals surface area contributed by atoms with E-state index < -0.39 is 12.4 Å². The highest BCUT2D eigenvalue weighted by Gasteiger charge is 2.07. The molecule has 0 spiro atoms. The van der Waals surface area contributed by atoms with Crippen molar-refractivity contribution in [3.63, 3.8) is 0 Å². The number of carbonyl (C=O) groups excluding carboxylic acids is 1. The first-order chi connectivity index (χ1) is 6.63. The van der Waals surface area contributed by atoms with Crippen molar-refractivity contribution in [2.45, 2.75) is 12.8 Å². The van der Waals surface area contributed by atoms with Crippen LogP contribution < -0.4 is 0 Å². The molecule has 0 aliphatic rings. The monoisotopic (exact) mass is 200 g/mol. The summed E-state index contributed by atoms with van der Waals surface area (Å²) in [6.07, 6.45) is -2.65. The van der Waals surface area contributed by atoms with Crippen molar-refractivity contribution in [3.8, 4) is 0 Å². The number of ether oxygens (including phenoxy) is 1. The number of hydrogen-bond acceptors (Lipinski definition) is 2. The van der Waals surface area contributed by atoms with Gasteiger partial charge in [-0.15, -0.1) is 0 Å². The zero-order valence-corrected chi connectivity index (χ0v) is 7.67. The molecule has 1 rings (SSSR count). The fraction of sp³-hybridized carbons (Fsp3) is 0.300. The Hall–Kier alpha value is -1.45. The van der Waals surface area contributed by atoms with Gasteiger partial charge in [-0.1, -0.05) is 12.1 Å². The smallest absolute Gasteiger partial charge is 0.337 e. The summed E-state index contributed by atoms with van der Waals surface area (Å²) in [4.78, 5) is 11.0. The summed E-state index contributed by atoms with van der Waals surface area (Å²) in [5.74, 6) is -0.464. The molecule has 0 atom stereocenters. The predicted octanol–water partition coefficient (Wildman–Crippen LogP) is 2.28. The molecule has 0 heterocycles. The van der Waals surface area contributed by atoms with Gasteiger partial charge >= 0.3 is 5.97 Å². The number of halogens is 2. The van der Waals surface area contributed by atoms with Crippen LogP contribution >= 0.6 is 0 Å². The lowest BCUT2D eigenvalue weighted by molar-refractivity contribution is 0.0600. The molecule has 0 radical (unpaired) electrons. The number of benzene rings is 1. The Labute approximate surface area is 80.5 Å². The first-order valence-electron chi connectivity index (χ1n) is 4.09. The summed E-state index contributed by atoms with van der Waals surface area (Å²) in [6.45, 7) is 0. The topological polar surface area (TPSA) is 26.3 Å². The van der Waals surface area contributed by atoms with E-state index in [1.807, 2.05) is 0 Å². The highest BCUT2D eigenvalue weighted by molar-refractivity contribution is 5.89. The van der Waals surface area contributed by atoms with Gasteiger partial charge in [-0.05, 0) is 17.7 Å². The van der Waals surface area contributed by atoms with Gasteiger partial charge in [0.25, 0.3) is 0 Å². The average Bonchev–Trinajstić information content (AvgIpc) is 2.17. The minimum atomic E-state index is -2.36. The van der Waals surface area contributed by atoms with Crippen molar-refractivity contribution in [1.82, 2.24) is 0 Å². The van der Waals surface area contributed by atoms with Crippen LogP contribution in [0.25, 0.3) is 0 Å². The number of methoxy groups -OCH3 is 1. The summed E-state index contributed by atoms with van der Waals surface area (Å²) < 4.78 is 28.4. The Morgan fingerprint density at radius 2 is 1.93 bits per heavy atom. The van der Waals surface area contributed by atoms with Crippen molar-refractivity contribution in [1.29, 1.82) is 0 Å². The van der Waals surface area contributed by atoms with Gasteiger partial charge in [-0.3, -0.25) is 0 Å². The third-order valence-electron chi connectivity index (χ3n) is 1.77. The molecule has 0 amide bonds. The van der Waals surface area contributed by atoms with E-state index in [0.29, 0.717) is 11.1 Å². The van der Waals surface area contributed by atoms with Gasteiger partial charge in [0.1, 0.15) is 0 Å². The second kappa shape index (κ2) is 4.69. The van der Waals surface area contributed by atoms with Crippen molar-refractivity contribution in [2.24, 2.45) is 0 Å². The molecule has 0 saturated heterocycles. The van der Waals surface area contributed by atoms with Crippen LogP contribution in [0.3, 0.4) is 0 Å². The van der Waals surface area contributed by atoms with Gasteiger partial charge in [-0.25, -0.2) is 13.6 Å². The number of rotatable bonds is 3. The number of carbonyl (C=O) groups is 1. The molecular weight excluding hydrogens is 190 g/mol. The van der Waals surface area contributed by atoms with Crippen molar-refractivity contribution >= 4 is 5.97 Å². The maximum Gasteiger partial charge on any atom is 0.337 e. The second-order valence-corrected chi connectivity index (χ2v) is 2.78. The van der Waals surface area contributed by atoms with Crippen LogP contribution in [-0.4, -0.2) is 19.5 Å². The van der Waals surface area contributed by atoms with Gasteiger partial charge in [0.05, 0.1) is 12.7 Å². The maximum atomic E-state index is 12.0. The summed E-state index contributed by atoms with van der Waals surface area (Å²) in [7, 11) is 1.27. The molecule has 4 heteroatoms. The van der Waals surface area contributed by atoms with Crippen LogP contribution in [0.15, 0.2) is 24.3 Å². The summed E-state index contributed by atoms with van der Waals surface area (Å²) in [6, 6.07) is 5.95. The first kappa shape index (κ1) is 10.6. The molecular formula is C10H10F2O2. The molecule has 14 heavy (non-hydrogen) atoms. The Morgan fingerprint density at radius 1 is 1.36 bits per heavy atom. The Bertz CT molecular complexity index is 306. The van der Waals surface area contributed by atoms with Gasteiger partial charge in [0, 0.05) is 6.42 Å². The summed E-state index contributed by atoms with van der Waals surface area (Å²) in [5, 5.41) is 0. The zero-order valence-electron chi connectivity index (χ0n) is 7.67. The van der Waals surface area contributed by atoms with E-state index in [2.05, 4.69) is 4.74 Å². The molecule has 0 aromatic heterocycles. The van der Waals surface area contributed by atoms with E-state index >= 15 is 0 Å². The highest BCUT2D eigenvalue weighted by Crippen LogP contribution is 2.09. The van der Waals surface area contributed by atoms with Gasteiger partial charge in [-0.2, -0.15) is 0 Å². The van der Waals surface area contributed by atoms with E-state index in [4.69, 9.17) is 0 Å². The largest absolute Gasteiger partial charge is 0.465 e. The van der Waals surface area contributed by atoms with Gasteiger partial charge in [0.15, 0.2) is 0 Å². The maximum absolute atomic E-state index is 12.0. The zero-order chi connectivity index (χ0) is 10.6. The Kier molecular flexibility index (Phi) is 3.56. The molecule has 0 N–H and O–H groups in total. The van der Waals surface area contributed by atoms with E-state index in [1.54, 1.807) is 0 Å². The Morgan fingerprint density at radius 3 is 2.36 bits per heavy atom. The van der Waals surface area contributed by atoms with Crippen LogP contribution in [0.1, 0.15) is 15.9 Å². The normalized spacial score (nSPS) is 10.3. The standard InChI is InChI=1S/C10H10F2O2/c1-14-10(13)8-4-2-7(3-5-8)6-9(11)12/h2-5,9H,6H2,1H3. The van der Waals surface area contributed by atoms with Crippen LogP contribution in [0.4, 0.5) is 8.78 Å². The van der Waals surface area contributed by atoms with E-state index in [1.165, 1.54) is 31.4 Å². The number of hydrogen-bond donors (Lipinski definition) is 0. The molecule has 0 fully saturated rings. The molecule has 0 unspecified atom stereocenters. The Balaban J connectivity index is 2.73. The molecule has 0 saturated carbocycles. The molecule has 0 aliphatic carbocycles. The van der Waals surface area contributed by atoms with Crippen molar-refractivity contribution in [2.75, 3.05) is 7.11 Å². The lowest BCUT2D eigenvalue weighted by Gasteiger charge is -2.02. The molecule has 0 aliphatic heterocycles. The van der Waals surface area contributed by atoms with E-state index in [9.17, 15) is 13.6 Å². The highest BCUT2D eigenvalue weighted by atomic mass is 19.3. The second-order valence-electron chi connectivity index (χ2n) is 2.78. The van der Waals surface area contributed by atoms with E-state index in [0.717, 1.165) is 0 Å². The third-order valence-corrected chi connectivity index (χ3v) is 1.77. The van der Waals surface area contributed by atoms with Crippen LogP contribution in [0, 0.1) is 0 Å². The van der Waals surface area contributed by atoms with E-state index in [-0.39, 0.29) is 6.42 Å². The van der Waals surface area contributed by atoms with Crippen LogP contribution in [0.5, 0.6) is 0 Å². The van der Waals surface area contributed by atoms with Crippen LogP contribution in [0.2, 0.25) is 0 Å². The average molecular weight is 200 g/mol. The quantitative estimate of drug-likeness (QED) is 0.699. The lowest BCUT2D eigenvalue weighted by Crippen LogP contribution is -2.02. The lowest BCUT2D eigenvalue weighted by atomic mass is 10.1. The third kappa shape index (κ3) is 2.80. The van der Waals surface area contributed by atoms with Crippen LogP contribution in [-0.2, 0) is 11.2 Å². The van der Waals surface area contributed by atoms with Gasteiger partial charge in [0.2, 0.25) is 6.43 Å². The fourth-order valence-electron chi connectivity index (χ4n) is 1.07. The molecule has 1 aromatic rings. The minimum absolute atomic E-state index is 0.290. The first-order valence-corrected chi connectivity index (χ1v) is 4.09. The summed E-state index contributed by atoms with van der Waals surface area (Å²) in [5.41, 5.74) is 0.873. The van der Waals surface area contributed by atoms with Crippen molar-refractivity contribution < 1.29 is 18.3 Å². The number of esters is 1. The fourth-order valence-corrected chi connectivity index (χ4v) is 1.07. The molecule has 76 valence electrons. The molecule has 0 bridgehead atoms. The minimum Gasteiger partial charge on any atom is -0.465 e. The van der Waals surface area contributed by atoms with Crippen molar-refractivity contribution in [3.05, 3.63) is 35.4 Å². The SMILES string of the molecule is COC(=O)c1ccc(CC(F)F)cc1. The van der Waals surface area contributed by atoms with Gasteiger partial charge < -0.3 is 4.74 Å². The predicted molar refractivity (Wildman–Crippen MR) is 47.5 cm³/mol. The molecule has 1 aromatic carbocycles. The summed E-state index contributed by atoms with van der Waals surface area (Å²) >= 11 is 0.